The first kappa shape index (κ1) is 12.7. The molecule has 0 bridgehead atoms. The summed E-state index contributed by atoms with van der Waals surface area (Å²) in [7, 11) is 0. The Hall–Kier alpha value is -0.410. The molecule has 1 aromatic carbocycles. The lowest BCUT2D eigenvalue weighted by Gasteiger charge is -2.14. The van der Waals surface area contributed by atoms with Crippen molar-refractivity contribution in [1.29, 1.82) is 0 Å². The standard InChI is InChI=1S/C12H17BrFN/c1-8(2)3-6-12(15)10-7-9(13)4-5-11(10)14/h4-5,7-8,12H,3,6,15H2,1-2H3. The van der Waals surface area contributed by atoms with Gasteiger partial charge in [-0.05, 0) is 37.0 Å². The van der Waals surface area contributed by atoms with Crippen LogP contribution in [0.15, 0.2) is 22.7 Å². The quantitative estimate of drug-likeness (QED) is 0.881. The van der Waals surface area contributed by atoms with E-state index in [0.29, 0.717) is 11.5 Å². The van der Waals surface area contributed by atoms with E-state index in [1.165, 1.54) is 6.07 Å². The number of benzene rings is 1. The fourth-order valence-electron chi connectivity index (χ4n) is 1.47. The van der Waals surface area contributed by atoms with Crippen molar-refractivity contribution < 1.29 is 4.39 Å². The van der Waals surface area contributed by atoms with Gasteiger partial charge in [0.05, 0.1) is 0 Å². The molecule has 0 aliphatic rings. The second kappa shape index (κ2) is 5.61. The van der Waals surface area contributed by atoms with Crippen LogP contribution in [0.4, 0.5) is 4.39 Å². The molecule has 0 amide bonds. The van der Waals surface area contributed by atoms with Crippen molar-refractivity contribution in [2.75, 3.05) is 0 Å². The first-order valence-corrected chi connectivity index (χ1v) is 6.00. The zero-order chi connectivity index (χ0) is 11.4. The molecule has 1 unspecified atom stereocenters. The molecule has 1 rings (SSSR count). The first-order valence-electron chi connectivity index (χ1n) is 5.21. The van der Waals surface area contributed by atoms with E-state index in [1.807, 2.05) is 0 Å². The summed E-state index contributed by atoms with van der Waals surface area (Å²) in [4.78, 5) is 0. The van der Waals surface area contributed by atoms with Gasteiger partial charge in [0.2, 0.25) is 0 Å². The average molecular weight is 274 g/mol. The van der Waals surface area contributed by atoms with Crippen molar-refractivity contribution in [2.45, 2.75) is 32.7 Å². The van der Waals surface area contributed by atoms with Crippen LogP contribution in [0.25, 0.3) is 0 Å². The zero-order valence-corrected chi connectivity index (χ0v) is 10.7. The predicted octanol–water partition coefficient (Wildman–Crippen LogP) is 4.02. The van der Waals surface area contributed by atoms with E-state index in [2.05, 4.69) is 29.8 Å². The van der Waals surface area contributed by atoms with Crippen LogP contribution in [0.3, 0.4) is 0 Å². The van der Waals surface area contributed by atoms with E-state index in [1.54, 1.807) is 12.1 Å². The molecule has 0 fully saturated rings. The summed E-state index contributed by atoms with van der Waals surface area (Å²) in [6.45, 7) is 4.29. The van der Waals surface area contributed by atoms with E-state index in [-0.39, 0.29) is 11.9 Å². The topological polar surface area (TPSA) is 26.0 Å². The number of hydrogen-bond acceptors (Lipinski definition) is 1. The van der Waals surface area contributed by atoms with Crippen molar-refractivity contribution in [3.05, 3.63) is 34.1 Å². The third-order valence-electron chi connectivity index (χ3n) is 2.41. The van der Waals surface area contributed by atoms with Gasteiger partial charge in [0.25, 0.3) is 0 Å². The highest BCUT2D eigenvalue weighted by Gasteiger charge is 2.12. The summed E-state index contributed by atoms with van der Waals surface area (Å²) in [6.07, 6.45) is 1.85. The van der Waals surface area contributed by atoms with Gasteiger partial charge in [-0.3, -0.25) is 0 Å². The molecule has 0 heterocycles. The lowest BCUT2D eigenvalue weighted by Crippen LogP contribution is -2.13. The lowest BCUT2D eigenvalue weighted by molar-refractivity contribution is 0.491. The Bertz CT molecular complexity index is 325. The van der Waals surface area contributed by atoms with Gasteiger partial charge in [-0.1, -0.05) is 29.8 Å². The number of nitrogens with two attached hydrogens (primary N) is 1. The largest absolute Gasteiger partial charge is 0.324 e. The molecular formula is C12H17BrFN. The maximum Gasteiger partial charge on any atom is 0.128 e. The Morgan fingerprint density at radius 3 is 2.60 bits per heavy atom. The molecule has 0 aromatic heterocycles. The number of rotatable bonds is 4. The van der Waals surface area contributed by atoms with Crippen LogP contribution in [0, 0.1) is 11.7 Å². The van der Waals surface area contributed by atoms with Crippen LogP contribution in [0.5, 0.6) is 0 Å². The minimum Gasteiger partial charge on any atom is -0.324 e. The van der Waals surface area contributed by atoms with Crippen molar-refractivity contribution in [1.82, 2.24) is 0 Å². The zero-order valence-electron chi connectivity index (χ0n) is 9.13. The minimum absolute atomic E-state index is 0.204. The normalized spacial score (nSPS) is 13.2. The second-order valence-corrected chi connectivity index (χ2v) is 5.16. The van der Waals surface area contributed by atoms with Crippen molar-refractivity contribution in [3.8, 4) is 0 Å². The molecule has 1 aromatic rings. The molecule has 0 spiro atoms. The molecule has 0 saturated heterocycles. The van der Waals surface area contributed by atoms with Gasteiger partial charge in [0, 0.05) is 16.1 Å². The minimum atomic E-state index is -0.213. The van der Waals surface area contributed by atoms with Gasteiger partial charge in [0.15, 0.2) is 0 Å². The predicted molar refractivity (Wildman–Crippen MR) is 65.1 cm³/mol. The van der Waals surface area contributed by atoms with Gasteiger partial charge in [-0.2, -0.15) is 0 Å². The Balaban J connectivity index is 2.72. The average Bonchev–Trinajstić information content (AvgIpc) is 2.18. The summed E-state index contributed by atoms with van der Waals surface area (Å²) < 4.78 is 14.3. The summed E-state index contributed by atoms with van der Waals surface area (Å²) in [5.41, 5.74) is 6.55. The fraction of sp³-hybridized carbons (Fsp3) is 0.500. The monoisotopic (exact) mass is 273 g/mol. The molecule has 0 aliphatic carbocycles. The second-order valence-electron chi connectivity index (χ2n) is 4.24. The van der Waals surface area contributed by atoms with Crippen LogP contribution in [0.1, 0.15) is 38.3 Å². The van der Waals surface area contributed by atoms with Crippen LogP contribution < -0.4 is 5.73 Å². The Morgan fingerprint density at radius 1 is 1.33 bits per heavy atom. The van der Waals surface area contributed by atoms with E-state index in [0.717, 1.165) is 17.3 Å². The number of halogens is 2. The van der Waals surface area contributed by atoms with Gasteiger partial charge in [0.1, 0.15) is 5.82 Å². The van der Waals surface area contributed by atoms with Crippen LogP contribution in [-0.2, 0) is 0 Å². The lowest BCUT2D eigenvalue weighted by atomic mass is 9.98. The van der Waals surface area contributed by atoms with Gasteiger partial charge in [-0.15, -0.1) is 0 Å². The van der Waals surface area contributed by atoms with Gasteiger partial charge < -0.3 is 5.73 Å². The van der Waals surface area contributed by atoms with Crippen LogP contribution >= 0.6 is 15.9 Å². The SMILES string of the molecule is CC(C)CCC(N)c1cc(Br)ccc1F. The summed E-state index contributed by atoms with van der Waals surface area (Å²) in [5.74, 6) is 0.390. The van der Waals surface area contributed by atoms with Crippen LogP contribution in [-0.4, -0.2) is 0 Å². The Kier molecular flexibility index (Phi) is 4.74. The molecular weight excluding hydrogens is 257 g/mol. The molecule has 0 saturated carbocycles. The van der Waals surface area contributed by atoms with Crippen molar-refractivity contribution in [3.63, 3.8) is 0 Å². The Morgan fingerprint density at radius 2 is 2.00 bits per heavy atom. The highest BCUT2D eigenvalue weighted by atomic mass is 79.9. The van der Waals surface area contributed by atoms with Crippen molar-refractivity contribution >= 4 is 15.9 Å². The molecule has 1 atom stereocenters. The molecule has 15 heavy (non-hydrogen) atoms. The highest BCUT2D eigenvalue weighted by molar-refractivity contribution is 9.10. The summed E-state index contributed by atoms with van der Waals surface area (Å²) in [6, 6.07) is 4.70. The molecule has 3 heteroatoms. The molecule has 2 N–H and O–H groups in total. The molecule has 1 nitrogen and oxygen atoms in total. The van der Waals surface area contributed by atoms with Crippen LogP contribution in [0.2, 0.25) is 0 Å². The molecule has 0 aliphatic heterocycles. The van der Waals surface area contributed by atoms with E-state index >= 15 is 0 Å². The van der Waals surface area contributed by atoms with E-state index in [9.17, 15) is 4.39 Å². The van der Waals surface area contributed by atoms with Gasteiger partial charge >= 0.3 is 0 Å². The molecule has 84 valence electrons. The van der Waals surface area contributed by atoms with E-state index in [4.69, 9.17) is 5.73 Å². The summed E-state index contributed by atoms with van der Waals surface area (Å²) in [5, 5.41) is 0. The Labute approximate surface area is 99.0 Å². The maximum atomic E-state index is 13.4. The van der Waals surface area contributed by atoms with Gasteiger partial charge in [-0.25, -0.2) is 4.39 Å². The fourth-order valence-corrected chi connectivity index (χ4v) is 1.85. The number of hydrogen-bond donors (Lipinski definition) is 1. The van der Waals surface area contributed by atoms with E-state index < -0.39 is 0 Å². The third kappa shape index (κ3) is 3.92. The highest BCUT2D eigenvalue weighted by Crippen LogP contribution is 2.24. The maximum absolute atomic E-state index is 13.4. The molecule has 0 radical (unpaired) electrons. The smallest absolute Gasteiger partial charge is 0.128 e. The third-order valence-corrected chi connectivity index (χ3v) is 2.91. The van der Waals surface area contributed by atoms with Crippen molar-refractivity contribution in [2.24, 2.45) is 11.7 Å². The summed E-state index contributed by atoms with van der Waals surface area (Å²) >= 11 is 3.32. The first-order chi connectivity index (χ1) is 7.00.